The van der Waals surface area contributed by atoms with E-state index in [0.29, 0.717) is 23.7 Å². The highest BCUT2D eigenvalue weighted by Gasteiger charge is 2.18. The minimum absolute atomic E-state index is 0.0136. The Balaban J connectivity index is 1.92. The predicted octanol–water partition coefficient (Wildman–Crippen LogP) is 5.36. The second-order valence-electron chi connectivity index (χ2n) is 7.11. The van der Waals surface area contributed by atoms with Gasteiger partial charge in [0.2, 0.25) is 5.88 Å². The van der Waals surface area contributed by atoms with Crippen LogP contribution in [0.2, 0.25) is 0 Å². The number of amides is 1. The molecule has 0 saturated heterocycles. The van der Waals surface area contributed by atoms with E-state index in [2.05, 4.69) is 29.0 Å². The Morgan fingerprint density at radius 3 is 2.37 bits per heavy atom. The van der Waals surface area contributed by atoms with Crippen molar-refractivity contribution in [1.82, 2.24) is 9.47 Å². The molecule has 3 rings (SSSR count). The first-order chi connectivity index (χ1) is 14.6. The summed E-state index contributed by atoms with van der Waals surface area (Å²) < 4.78 is 6.93. The van der Waals surface area contributed by atoms with Crippen LogP contribution in [0.4, 0.5) is 5.69 Å². The minimum atomic E-state index is -0.479. The van der Waals surface area contributed by atoms with Crippen LogP contribution in [0.25, 0.3) is 10.9 Å². The number of benzene rings is 2. The predicted molar refractivity (Wildman–Crippen MR) is 118 cm³/mol. The molecule has 1 amide bonds. The monoisotopic (exact) mass is 408 g/mol. The molecule has 7 heteroatoms. The topological polar surface area (TPSA) is 79.4 Å². The molecule has 0 unspecified atom stereocenters. The molecule has 1 N–H and O–H groups in total. The molecular formula is C23H28N4O3. The first-order valence-corrected chi connectivity index (χ1v) is 10.2. The van der Waals surface area contributed by atoms with Gasteiger partial charge >= 0.3 is 0 Å². The van der Waals surface area contributed by atoms with Gasteiger partial charge in [-0.15, -0.1) is 10.2 Å². The maximum absolute atomic E-state index is 12.4. The zero-order chi connectivity index (χ0) is 21.5. The van der Waals surface area contributed by atoms with Crippen LogP contribution in [0.5, 0.6) is 11.6 Å². The molecule has 158 valence electrons. The molecule has 1 heterocycles. The van der Waals surface area contributed by atoms with Gasteiger partial charge in [0.25, 0.3) is 5.91 Å². The second-order valence-corrected chi connectivity index (χ2v) is 7.11. The molecule has 1 aromatic heterocycles. The van der Waals surface area contributed by atoms with E-state index in [-0.39, 0.29) is 5.88 Å². The van der Waals surface area contributed by atoms with Gasteiger partial charge in [0.15, 0.2) is 5.69 Å². The third-order valence-corrected chi connectivity index (χ3v) is 4.92. The normalized spacial score (nSPS) is 11.6. The number of para-hydroxylation sites is 1. The lowest BCUT2D eigenvalue weighted by atomic mass is 10.2. The smallest absolute Gasteiger partial charge is 0.295 e. The Morgan fingerprint density at radius 1 is 1.07 bits per heavy atom. The molecule has 7 nitrogen and oxygen atoms in total. The number of ether oxygens (including phenoxy) is 1. The van der Waals surface area contributed by atoms with Crippen LogP contribution in [0.15, 0.2) is 58.8 Å². The quantitative estimate of drug-likeness (QED) is 0.484. The number of aromatic nitrogens is 1. The third kappa shape index (κ3) is 4.68. The van der Waals surface area contributed by atoms with Crippen molar-refractivity contribution in [3.05, 3.63) is 54.1 Å². The number of methoxy groups -OCH3 is 1. The van der Waals surface area contributed by atoms with E-state index < -0.39 is 5.91 Å². The highest BCUT2D eigenvalue weighted by molar-refractivity contribution is 5.97. The summed E-state index contributed by atoms with van der Waals surface area (Å²) in [5.41, 5.74) is 1.57. The first-order valence-electron chi connectivity index (χ1n) is 10.2. The number of carbonyl (C=O) groups excluding carboxylic acids is 1. The fourth-order valence-electron chi connectivity index (χ4n) is 3.49. The molecule has 30 heavy (non-hydrogen) atoms. The average molecular weight is 409 g/mol. The number of hydrogen-bond donors (Lipinski definition) is 1. The number of hydrogen-bond acceptors (Lipinski definition) is 5. The van der Waals surface area contributed by atoms with Gasteiger partial charge in [-0.05, 0) is 56.3 Å². The fourth-order valence-corrected chi connectivity index (χ4v) is 3.49. The van der Waals surface area contributed by atoms with Gasteiger partial charge in [0, 0.05) is 10.9 Å². The van der Waals surface area contributed by atoms with Crippen LogP contribution in [-0.2, 0) is 6.67 Å². The maximum atomic E-state index is 12.4. The summed E-state index contributed by atoms with van der Waals surface area (Å²) in [4.78, 5) is 14.7. The van der Waals surface area contributed by atoms with Crippen LogP contribution in [0.1, 0.15) is 37.0 Å². The summed E-state index contributed by atoms with van der Waals surface area (Å²) in [6.07, 6.45) is 2.06. The van der Waals surface area contributed by atoms with E-state index in [1.54, 1.807) is 31.4 Å². The molecule has 0 saturated carbocycles. The van der Waals surface area contributed by atoms with Gasteiger partial charge in [-0.3, -0.25) is 14.3 Å². The number of fused-ring (bicyclic) bond motifs is 1. The van der Waals surface area contributed by atoms with E-state index in [1.807, 2.05) is 28.8 Å². The molecule has 0 spiro atoms. The summed E-state index contributed by atoms with van der Waals surface area (Å²) in [6.45, 7) is 6.70. The van der Waals surface area contributed by atoms with Crippen LogP contribution in [0.3, 0.4) is 0 Å². The lowest BCUT2D eigenvalue weighted by molar-refractivity contribution is 0.0995. The number of azo groups is 1. The van der Waals surface area contributed by atoms with E-state index in [1.165, 1.54) is 0 Å². The molecule has 0 radical (unpaired) electrons. The van der Waals surface area contributed by atoms with Crippen LogP contribution in [0, 0.1) is 0 Å². The number of carbonyl (C=O) groups is 1. The molecule has 0 fully saturated rings. The van der Waals surface area contributed by atoms with E-state index in [4.69, 9.17) is 4.74 Å². The zero-order valence-corrected chi connectivity index (χ0v) is 17.7. The van der Waals surface area contributed by atoms with Crippen molar-refractivity contribution in [3.8, 4) is 11.6 Å². The first kappa shape index (κ1) is 21.5. The number of nitrogens with zero attached hydrogens (tertiary/aromatic N) is 4. The molecule has 3 aromatic rings. The summed E-state index contributed by atoms with van der Waals surface area (Å²) in [5.74, 6) is 0.195. The maximum Gasteiger partial charge on any atom is 0.295 e. The zero-order valence-electron chi connectivity index (χ0n) is 17.7. The van der Waals surface area contributed by atoms with E-state index >= 15 is 0 Å². The molecule has 0 aliphatic carbocycles. The fraction of sp³-hybridized carbons (Fsp3) is 0.348. The molecule has 0 aliphatic rings. The Bertz CT molecular complexity index is 1020. The van der Waals surface area contributed by atoms with Crippen molar-refractivity contribution in [1.29, 1.82) is 0 Å². The van der Waals surface area contributed by atoms with Crippen molar-refractivity contribution in [2.45, 2.75) is 33.4 Å². The van der Waals surface area contributed by atoms with Gasteiger partial charge in [-0.2, -0.15) is 0 Å². The summed E-state index contributed by atoms with van der Waals surface area (Å²) >= 11 is 0. The highest BCUT2D eigenvalue weighted by atomic mass is 16.5. The Morgan fingerprint density at radius 2 is 1.73 bits per heavy atom. The van der Waals surface area contributed by atoms with Crippen LogP contribution >= 0.6 is 0 Å². The van der Waals surface area contributed by atoms with Gasteiger partial charge in [0.1, 0.15) is 5.75 Å². The molecule has 0 aliphatic heterocycles. The molecular weight excluding hydrogens is 380 g/mol. The number of rotatable bonds is 9. The second kappa shape index (κ2) is 10.0. The van der Waals surface area contributed by atoms with Crippen LogP contribution < -0.4 is 4.74 Å². The third-order valence-electron chi connectivity index (χ3n) is 4.92. The van der Waals surface area contributed by atoms with Crippen molar-refractivity contribution in [2.24, 2.45) is 10.2 Å². The SMILES string of the molecule is CCCN(CCC)Cn1c(O)c(N=NC(=O)c2ccc(OC)cc2)c2ccccc21. The molecule has 0 atom stereocenters. The molecule has 0 bridgehead atoms. The van der Waals surface area contributed by atoms with Gasteiger partial charge in [-0.1, -0.05) is 32.0 Å². The summed E-state index contributed by atoms with van der Waals surface area (Å²) in [5, 5.41) is 19.6. The molecule has 2 aromatic carbocycles. The van der Waals surface area contributed by atoms with E-state index in [9.17, 15) is 9.90 Å². The lowest BCUT2D eigenvalue weighted by Gasteiger charge is -2.22. The van der Waals surface area contributed by atoms with Crippen LogP contribution in [-0.4, -0.2) is 40.7 Å². The van der Waals surface area contributed by atoms with Gasteiger partial charge in [0.05, 0.1) is 19.3 Å². The minimum Gasteiger partial charge on any atom is -0.497 e. The summed E-state index contributed by atoms with van der Waals surface area (Å²) in [7, 11) is 1.57. The van der Waals surface area contributed by atoms with Crippen molar-refractivity contribution >= 4 is 22.5 Å². The average Bonchev–Trinajstić information content (AvgIpc) is 3.03. The Hall–Kier alpha value is -3.19. The van der Waals surface area contributed by atoms with Gasteiger partial charge in [-0.25, -0.2) is 0 Å². The lowest BCUT2D eigenvalue weighted by Crippen LogP contribution is -2.27. The Labute approximate surface area is 176 Å². The number of aromatic hydroxyl groups is 1. The van der Waals surface area contributed by atoms with Crippen molar-refractivity contribution < 1.29 is 14.6 Å². The largest absolute Gasteiger partial charge is 0.497 e. The Kier molecular flexibility index (Phi) is 7.19. The van der Waals surface area contributed by atoms with E-state index in [0.717, 1.165) is 36.8 Å². The standard InChI is InChI=1S/C23H28N4O3/c1-4-14-26(15-5-2)16-27-20-9-7-6-8-19(20)21(23(27)29)24-25-22(28)17-10-12-18(30-3)13-11-17/h6-13,29H,4-5,14-16H2,1-3H3. The van der Waals surface area contributed by atoms with Crippen molar-refractivity contribution in [2.75, 3.05) is 20.2 Å². The van der Waals surface area contributed by atoms with Gasteiger partial charge < -0.3 is 9.84 Å². The summed E-state index contributed by atoms with van der Waals surface area (Å²) in [6, 6.07) is 14.3. The van der Waals surface area contributed by atoms with Crippen molar-refractivity contribution in [3.63, 3.8) is 0 Å². The highest BCUT2D eigenvalue weighted by Crippen LogP contribution is 2.39.